The molecule has 1 unspecified atom stereocenters. The molecule has 1 fully saturated rings. The normalized spacial score (nSPS) is 21.4. The molecule has 4 nitrogen and oxygen atoms in total. The van der Waals surface area contributed by atoms with Crippen molar-refractivity contribution in [2.45, 2.75) is 32.7 Å². The summed E-state index contributed by atoms with van der Waals surface area (Å²) in [5, 5.41) is 16.0. The molecule has 1 aliphatic rings. The predicted octanol–water partition coefficient (Wildman–Crippen LogP) is 2.66. The molecular formula is C15H21BrN2O2. The van der Waals surface area contributed by atoms with Gasteiger partial charge in [0.25, 0.3) is 5.91 Å². The van der Waals surface area contributed by atoms with Crippen LogP contribution in [0, 0.1) is 5.41 Å². The highest BCUT2D eigenvalue weighted by Gasteiger charge is 2.31. The van der Waals surface area contributed by atoms with Gasteiger partial charge in [0.05, 0.1) is 4.47 Å². The van der Waals surface area contributed by atoms with E-state index in [4.69, 9.17) is 0 Å². The summed E-state index contributed by atoms with van der Waals surface area (Å²) in [6.45, 7) is 6.05. The predicted molar refractivity (Wildman–Crippen MR) is 82.9 cm³/mol. The lowest BCUT2D eigenvalue weighted by atomic mass is 9.77. The third kappa shape index (κ3) is 3.52. The van der Waals surface area contributed by atoms with Crippen molar-refractivity contribution in [3.05, 3.63) is 28.2 Å². The smallest absolute Gasteiger partial charge is 0.251 e. The number of rotatable bonds is 3. The largest absolute Gasteiger partial charge is 0.507 e. The Bertz CT molecular complexity index is 503. The monoisotopic (exact) mass is 340 g/mol. The summed E-state index contributed by atoms with van der Waals surface area (Å²) in [5.41, 5.74) is 0.659. The van der Waals surface area contributed by atoms with Gasteiger partial charge in [-0.25, -0.2) is 0 Å². The molecule has 110 valence electrons. The molecule has 0 bridgehead atoms. The Balaban J connectivity index is 1.96. The SMILES string of the molecule is CC1(C)CCCNC1CNC(=O)c1ccc(Br)c(O)c1. The molecule has 0 radical (unpaired) electrons. The van der Waals surface area contributed by atoms with Gasteiger partial charge in [-0.2, -0.15) is 0 Å². The van der Waals surface area contributed by atoms with Crippen LogP contribution in [0.2, 0.25) is 0 Å². The summed E-state index contributed by atoms with van der Waals surface area (Å²) in [5.74, 6) is -0.0789. The van der Waals surface area contributed by atoms with Gasteiger partial charge in [0.15, 0.2) is 0 Å². The molecule has 5 heteroatoms. The number of benzene rings is 1. The molecular weight excluding hydrogens is 320 g/mol. The van der Waals surface area contributed by atoms with Crippen molar-refractivity contribution < 1.29 is 9.90 Å². The molecule has 1 aliphatic heterocycles. The van der Waals surface area contributed by atoms with E-state index >= 15 is 0 Å². The number of hydrogen-bond acceptors (Lipinski definition) is 3. The zero-order chi connectivity index (χ0) is 14.8. The van der Waals surface area contributed by atoms with Crippen molar-refractivity contribution in [3.8, 4) is 5.75 Å². The third-order valence-electron chi connectivity index (χ3n) is 4.01. The highest BCUT2D eigenvalue weighted by Crippen LogP contribution is 2.29. The molecule has 0 aliphatic carbocycles. The van der Waals surface area contributed by atoms with Crippen molar-refractivity contribution in [1.82, 2.24) is 10.6 Å². The summed E-state index contributed by atoms with van der Waals surface area (Å²) in [4.78, 5) is 12.1. The number of hydrogen-bond donors (Lipinski definition) is 3. The summed E-state index contributed by atoms with van der Waals surface area (Å²) in [6, 6.07) is 5.12. The maximum Gasteiger partial charge on any atom is 0.251 e. The standard InChI is InChI=1S/C15H21BrN2O2/c1-15(2)6-3-7-17-13(15)9-18-14(20)10-4-5-11(16)12(19)8-10/h4-5,8,13,17,19H,3,6-7,9H2,1-2H3,(H,18,20). The number of halogens is 1. The molecule has 0 saturated carbocycles. The topological polar surface area (TPSA) is 61.4 Å². The minimum atomic E-state index is -0.157. The van der Waals surface area contributed by atoms with E-state index in [-0.39, 0.29) is 23.1 Å². The quantitative estimate of drug-likeness (QED) is 0.792. The van der Waals surface area contributed by atoms with Crippen LogP contribution >= 0.6 is 15.9 Å². The highest BCUT2D eigenvalue weighted by molar-refractivity contribution is 9.10. The van der Waals surface area contributed by atoms with Gasteiger partial charge in [-0.3, -0.25) is 4.79 Å². The van der Waals surface area contributed by atoms with Crippen LogP contribution < -0.4 is 10.6 Å². The number of phenols is 1. The van der Waals surface area contributed by atoms with Gasteiger partial charge in [-0.15, -0.1) is 0 Å². The number of nitrogens with one attached hydrogen (secondary N) is 2. The lowest BCUT2D eigenvalue weighted by Crippen LogP contribution is -2.52. The first-order valence-electron chi connectivity index (χ1n) is 6.90. The maximum atomic E-state index is 12.1. The number of amides is 1. The minimum Gasteiger partial charge on any atom is -0.507 e. The molecule has 1 aromatic carbocycles. The maximum absolute atomic E-state index is 12.1. The van der Waals surface area contributed by atoms with Crippen LogP contribution in [0.1, 0.15) is 37.0 Å². The fourth-order valence-corrected chi connectivity index (χ4v) is 2.82. The molecule has 1 atom stereocenters. The third-order valence-corrected chi connectivity index (χ3v) is 4.68. The molecule has 1 saturated heterocycles. The van der Waals surface area contributed by atoms with Crippen LogP contribution in [0.15, 0.2) is 22.7 Å². The van der Waals surface area contributed by atoms with E-state index in [9.17, 15) is 9.90 Å². The van der Waals surface area contributed by atoms with Crippen molar-refractivity contribution in [3.63, 3.8) is 0 Å². The van der Waals surface area contributed by atoms with Crippen LogP contribution in [0.4, 0.5) is 0 Å². The van der Waals surface area contributed by atoms with Gasteiger partial charge in [-0.1, -0.05) is 13.8 Å². The van der Waals surface area contributed by atoms with Crippen molar-refractivity contribution in [2.75, 3.05) is 13.1 Å². The molecule has 1 aromatic rings. The average Bonchev–Trinajstić information content (AvgIpc) is 2.40. The zero-order valence-electron chi connectivity index (χ0n) is 11.9. The Kier molecular flexibility index (Phi) is 4.70. The first-order valence-corrected chi connectivity index (χ1v) is 7.69. The highest BCUT2D eigenvalue weighted by atomic mass is 79.9. The van der Waals surface area contributed by atoms with Crippen molar-refractivity contribution >= 4 is 21.8 Å². The Labute approximate surface area is 128 Å². The molecule has 20 heavy (non-hydrogen) atoms. The second-order valence-corrected chi connectivity index (χ2v) is 6.83. The fourth-order valence-electron chi connectivity index (χ4n) is 2.57. The Morgan fingerprint density at radius 2 is 2.30 bits per heavy atom. The van der Waals surface area contributed by atoms with E-state index in [0.717, 1.165) is 6.54 Å². The summed E-state index contributed by atoms with van der Waals surface area (Å²) < 4.78 is 0.587. The van der Waals surface area contributed by atoms with Crippen LogP contribution in [-0.4, -0.2) is 30.1 Å². The Morgan fingerprint density at radius 1 is 1.55 bits per heavy atom. The molecule has 1 heterocycles. The van der Waals surface area contributed by atoms with Crippen LogP contribution in [-0.2, 0) is 0 Å². The van der Waals surface area contributed by atoms with Crippen LogP contribution in [0.5, 0.6) is 5.75 Å². The van der Waals surface area contributed by atoms with Crippen molar-refractivity contribution in [1.29, 1.82) is 0 Å². The van der Waals surface area contributed by atoms with E-state index in [1.165, 1.54) is 18.9 Å². The second kappa shape index (κ2) is 6.14. The van der Waals surface area contributed by atoms with E-state index in [1.54, 1.807) is 12.1 Å². The Hall–Kier alpha value is -1.07. The van der Waals surface area contributed by atoms with E-state index < -0.39 is 0 Å². The number of carbonyl (C=O) groups excluding carboxylic acids is 1. The average molecular weight is 341 g/mol. The van der Waals surface area contributed by atoms with Crippen molar-refractivity contribution in [2.24, 2.45) is 5.41 Å². The van der Waals surface area contributed by atoms with E-state index in [0.29, 0.717) is 16.6 Å². The van der Waals surface area contributed by atoms with Gasteiger partial charge in [0.1, 0.15) is 5.75 Å². The molecule has 3 N–H and O–H groups in total. The number of phenolic OH excluding ortho intramolecular Hbond substituents is 1. The first kappa shape index (κ1) is 15.3. The van der Waals surface area contributed by atoms with Crippen LogP contribution in [0.3, 0.4) is 0 Å². The fraction of sp³-hybridized carbons (Fsp3) is 0.533. The number of piperidine rings is 1. The van der Waals surface area contributed by atoms with Gasteiger partial charge in [0, 0.05) is 18.2 Å². The minimum absolute atomic E-state index is 0.0776. The Morgan fingerprint density at radius 3 is 2.95 bits per heavy atom. The van der Waals surface area contributed by atoms with Gasteiger partial charge >= 0.3 is 0 Å². The number of aromatic hydroxyl groups is 1. The van der Waals surface area contributed by atoms with Gasteiger partial charge < -0.3 is 15.7 Å². The number of carbonyl (C=O) groups is 1. The van der Waals surface area contributed by atoms with E-state index in [2.05, 4.69) is 40.4 Å². The molecule has 0 aromatic heterocycles. The van der Waals surface area contributed by atoms with Gasteiger partial charge in [0.2, 0.25) is 0 Å². The molecule has 1 amide bonds. The first-order chi connectivity index (χ1) is 9.40. The second-order valence-electron chi connectivity index (χ2n) is 5.98. The zero-order valence-corrected chi connectivity index (χ0v) is 13.5. The van der Waals surface area contributed by atoms with Gasteiger partial charge in [-0.05, 0) is 58.9 Å². The van der Waals surface area contributed by atoms with E-state index in [1.807, 2.05) is 0 Å². The summed E-state index contributed by atoms with van der Waals surface area (Å²) in [7, 11) is 0. The lowest BCUT2D eigenvalue weighted by Gasteiger charge is -2.39. The molecule has 0 spiro atoms. The van der Waals surface area contributed by atoms with Crippen LogP contribution in [0.25, 0.3) is 0 Å². The molecule has 2 rings (SSSR count). The summed E-state index contributed by atoms with van der Waals surface area (Å²) >= 11 is 3.20. The summed E-state index contributed by atoms with van der Waals surface area (Å²) in [6.07, 6.45) is 2.34. The lowest BCUT2D eigenvalue weighted by molar-refractivity contribution is 0.0928.